The lowest BCUT2D eigenvalue weighted by Crippen LogP contribution is -2.18. The van der Waals surface area contributed by atoms with Crippen molar-refractivity contribution < 1.29 is 14.3 Å². The van der Waals surface area contributed by atoms with Crippen molar-refractivity contribution in [3.05, 3.63) is 83.9 Å². The van der Waals surface area contributed by atoms with Crippen molar-refractivity contribution >= 4 is 34.3 Å². The Morgan fingerprint density at radius 3 is 2.50 bits per heavy atom. The van der Waals surface area contributed by atoms with Crippen molar-refractivity contribution in [1.29, 1.82) is 0 Å². The summed E-state index contributed by atoms with van der Waals surface area (Å²) in [6, 6.07) is 15.6. The summed E-state index contributed by atoms with van der Waals surface area (Å²) in [5, 5.41) is 7.04. The predicted molar refractivity (Wildman–Crippen MR) is 141 cm³/mol. The van der Waals surface area contributed by atoms with E-state index in [-0.39, 0.29) is 23.4 Å². The fourth-order valence-electron chi connectivity index (χ4n) is 4.15. The SMILES string of the molecule is COC(=O)c1c(NC(=O)c2cccnc2)c2cc(NC[C@H](C)c3ccccc3)cnc2n1CC(C)C. The summed E-state index contributed by atoms with van der Waals surface area (Å²) in [7, 11) is 1.33. The fourth-order valence-corrected chi connectivity index (χ4v) is 4.15. The number of nitrogens with zero attached hydrogens (tertiary/aromatic N) is 3. The van der Waals surface area contributed by atoms with E-state index in [9.17, 15) is 9.59 Å². The number of pyridine rings is 2. The average molecular weight is 486 g/mol. The summed E-state index contributed by atoms with van der Waals surface area (Å²) in [4.78, 5) is 34.7. The molecule has 0 bridgehead atoms. The number of amides is 1. The maximum Gasteiger partial charge on any atom is 0.356 e. The monoisotopic (exact) mass is 485 g/mol. The Labute approximate surface area is 210 Å². The molecule has 0 saturated heterocycles. The van der Waals surface area contributed by atoms with Gasteiger partial charge in [0.25, 0.3) is 5.91 Å². The molecule has 3 aromatic heterocycles. The maximum atomic E-state index is 13.1. The van der Waals surface area contributed by atoms with Gasteiger partial charge in [-0.3, -0.25) is 9.78 Å². The highest BCUT2D eigenvalue weighted by Crippen LogP contribution is 2.34. The summed E-state index contributed by atoms with van der Waals surface area (Å²) in [6.45, 7) is 7.51. The van der Waals surface area contributed by atoms with Crippen molar-refractivity contribution in [3.8, 4) is 0 Å². The highest BCUT2D eigenvalue weighted by molar-refractivity contribution is 6.14. The molecule has 1 aromatic carbocycles. The van der Waals surface area contributed by atoms with Crippen LogP contribution in [0.4, 0.5) is 11.4 Å². The molecule has 0 aliphatic heterocycles. The number of ether oxygens (including phenoxy) is 1. The van der Waals surface area contributed by atoms with Gasteiger partial charge in [-0.2, -0.15) is 0 Å². The van der Waals surface area contributed by atoms with E-state index in [1.165, 1.54) is 18.9 Å². The lowest BCUT2D eigenvalue weighted by atomic mass is 10.0. The number of hydrogen-bond acceptors (Lipinski definition) is 6. The number of hydrogen-bond donors (Lipinski definition) is 2. The van der Waals surface area contributed by atoms with Crippen LogP contribution in [-0.2, 0) is 11.3 Å². The van der Waals surface area contributed by atoms with Crippen molar-refractivity contribution in [2.45, 2.75) is 33.2 Å². The molecule has 0 saturated carbocycles. The Morgan fingerprint density at radius 1 is 1.06 bits per heavy atom. The molecule has 2 N–H and O–H groups in total. The number of benzene rings is 1. The molecular formula is C28H31N5O3. The van der Waals surface area contributed by atoms with Gasteiger partial charge in [-0.15, -0.1) is 0 Å². The van der Waals surface area contributed by atoms with Gasteiger partial charge in [0.2, 0.25) is 0 Å². The minimum atomic E-state index is -0.539. The number of carbonyl (C=O) groups is 2. The van der Waals surface area contributed by atoms with Gasteiger partial charge in [0.05, 0.1) is 30.2 Å². The average Bonchev–Trinajstić information content (AvgIpc) is 3.19. The topological polar surface area (TPSA) is 98.1 Å². The zero-order valence-electron chi connectivity index (χ0n) is 21.0. The summed E-state index contributed by atoms with van der Waals surface area (Å²) in [5.41, 5.74) is 3.66. The molecule has 0 radical (unpaired) electrons. The first-order chi connectivity index (χ1) is 17.4. The maximum absolute atomic E-state index is 13.1. The fraction of sp³-hybridized carbons (Fsp3) is 0.286. The minimum absolute atomic E-state index is 0.234. The summed E-state index contributed by atoms with van der Waals surface area (Å²) < 4.78 is 6.93. The van der Waals surface area contributed by atoms with Crippen LogP contribution < -0.4 is 10.6 Å². The number of esters is 1. The molecule has 1 atom stereocenters. The molecule has 1 amide bonds. The minimum Gasteiger partial charge on any atom is -0.464 e. The number of anilines is 2. The molecule has 0 spiro atoms. The van der Waals surface area contributed by atoms with Crippen LogP contribution in [0, 0.1) is 5.92 Å². The Kier molecular flexibility index (Phi) is 7.63. The van der Waals surface area contributed by atoms with E-state index in [0.717, 1.165) is 5.69 Å². The van der Waals surface area contributed by atoms with Crippen molar-refractivity contribution in [2.75, 3.05) is 24.3 Å². The third-order valence-electron chi connectivity index (χ3n) is 5.97. The van der Waals surface area contributed by atoms with Crippen LogP contribution in [0.2, 0.25) is 0 Å². The van der Waals surface area contributed by atoms with Gasteiger partial charge in [0, 0.05) is 30.9 Å². The smallest absolute Gasteiger partial charge is 0.356 e. The predicted octanol–water partition coefficient (Wildman–Crippen LogP) is 5.34. The highest BCUT2D eigenvalue weighted by Gasteiger charge is 2.27. The number of aromatic nitrogens is 3. The van der Waals surface area contributed by atoms with Crippen LogP contribution >= 0.6 is 0 Å². The lowest BCUT2D eigenvalue weighted by Gasteiger charge is -2.14. The second-order valence-electron chi connectivity index (χ2n) is 9.20. The van der Waals surface area contributed by atoms with E-state index in [2.05, 4.69) is 48.5 Å². The van der Waals surface area contributed by atoms with Crippen LogP contribution in [0.25, 0.3) is 11.0 Å². The molecule has 3 heterocycles. The molecule has 0 unspecified atom stereocenters. The number of nitrogens with one attached hydrogen (secondary N) is 2. The van der Waals surface area contributed by atoms with E-state index < -0.39 is 5.97 Å². The molecule has 186 valence electrons. The molecule has 4 aromatic rings. The van der Waals surface area contributed by atoms with E-state index in [1.807, 2.05) is 28.8 Å². The van der Waals surface area contributed by atoms with Gasteiger partial charge in [-0.25, -0.2) is 9.78 Å². The van der Waals surface area contributed by atoms with Gasteiger partial charge in [0.15, 0.2) is 5.69 Å². The quantitative estimate of drug-likeness (QED) is 0.311. The largest absolute Gasteiger partial charge is 0.464 e. The second kappa shape index (κ2) is 11.0. The van der Waals surface area contributed by atoms with Crippen LogP contribution in [0.3, 0.4) is 0 Å². The summed E-state index contributed by atoms with van der Waals surface area (Å²) >= 11 is 0. The van der Waals surface area contributed by atoms with Crippen LogP contribution in [0.5, 0.6) is 0 Å². The van der Waals surface area contributed by atoms with E-state index in [4.69, 9.17) is 9.72 Å². The Bertz CT molecular complexity index is 1350. The molecule has 0 fully saturated rings. The van der Waals surface area contributed by atoms with Gasteiger partial charge in [0.1, 0.15) is 5.65 Å². The van der Waals surface area contributed by atoms with E-state index in [1.54, 1.807) is 24.5 Å². The van der Waals surface area contributed by atoms with Crippen molar-refractivity contribution in [3.63, 3.8) is 0 Å². The van der Waals surface area contributed by atoms with E-state index >= 15 is 0 Å². The van der Waals surface area contributed by atoms with E-state index in [0.29, 0.717) is 35.4 Å². The number of fused-ring (bicyclic) bond motifs is 1. The molecule has 0 aliphatic rings. The lowest BCUT2D eigenvalue weighted by molar-refractivity contribution is 0.0589. The van der Waals surface area contributed by atoms with Crippen molar-refractivity contribution in [2.24, 2.45) is 5.92 Å². The number of rotatable bonds is 9. The second-order valence-corrected chi connectivity index (χ2v) is 9.20. The zero-order chi connectivity index (χ0) is 25.7. The van der Waals surface area contributed by atoms with Gasteiger partial charge in [-0.1, -0.05) is 51.1 Å². The molecule has 8 nitrogen and oxygen atoms in total. The van der Waals surface area contributed by atoms with Gasteiger partial charge >= 0.3 is 5.97 Å². The number of carbonyl (C=O) groups excluding carboxylic acids is 2. The third-order valence-corrected chi connectivity index (χ3v) is 5.97. The van der Waals surface area contributed by atoms with Crippen LogP contribution in [0.15, 0.2) is 67.1 Å². The summed E-state index contributed by atoms with van der Waals surface area (Å²) in [6.07, 6.45) is 4.84. The van der Waals surface area contributed by atoms with Crippen LogP contribution in [0.1, 0.15) is 53.1 Å². The molecule has 0 aliphatic carbocycles. The van der Waals surface area contributed by atoms with Crippen LogP contribution in [-0.4, -0.2) is 40.1 Å². The highest BCUT2D eigenvalue weighted by atomic mass is 16.5. The normalized spacial score (nSPS) is 11.9. The Balaban J connectivity index is 1.75. The zero-order valence-corrected chi connectivity index (χ0v) is 21.0. The summed E-state index contributed by atoms with van der Waals surface area (Å²) in [5.74, 6) is -0.393. The molecule has 36 heavy (non-hydrogen) atoms. The van der Waals surface area contributed by atoms with Crippen molar-refractivity contribution in [1.82, 2.24) is 14.5 Å². The first-order valence-corrected chi connectivity index (χ1v) is 12.0. The first-order valence-electron chi connectivity index (χ1n) is 12.0. The standard InChI is InChI=1S/C28H31N5O3/c1-18(2)17-33-25(28(35)36-4)24(32-27(34)21-11-8-12-29-15-21)23-13-22(16-31-26(23)33)30-14-19(3)20-9-6-5-7-10-20/h5-13,15-16,18-19,30H,14,17H2,1-4H3,(H,32,34)/t19-/m0/s1. The molecule has 4 rings (SSSR count). The Hall–Kier alpha value is -4.20. The number of methoxy groups -OCH3 is 1. The third kappa shape index (κ3) is 5.38. The molecule has 8 heteroatoms. The van der Waals surface area contributed by atoms with Gasteiger partial charge < -0.3 is 19.9 Å². The Morgan fingerprint density at radius 2 is 1.83 bits per heavy atom. The first kappa shape index (κ1) is 24.9. The molecular weight excluding hydrogens is 454 g/mol. The van der Waals surface area contributed by atoms with Gasteiger partial charge in [-0.05, 0) is 35.6 Å².